The van der Waals surface area contributed by atoms with Crippen LogP contribution < -0.4 is 10.5 Å². The highest BCUT2D eigenvalue weighted by Gasteiger charge is 2.14. The number of aromatic nitrogens is 1. The minimum Gasteiger partial charge on any atom is -0.479 e. The molecule has 0 saturated heterocycles. The summed E-state index contributed by atoms with van der Waals surface area (Å²) in [6.45, 7) is 1.69. The smallest absolute Gasteiger partial charge is 0.191 e. The first-order valence-corrected chi connectivity index (χ1v) is 5.82. The number of halogens is 2. The van der Waals surface area contributed by atoms with Crippen molar-refractivity contribution in [2.75, 3.05) is 0 Å². The lowest BCUT2D eigenvalue weighted by Gasteiger charge is -2.10. The third-order valence-electron chi connectivity index (χ3n) is 2.47. The predicted octanol–water partition coefficient (Wildman–Crippen LogP) is 2.42. The molecule has 1 aromatic heterocycles. The molecule has 6 heteroatoms. The summed E-state index contributed by atoms with van der Waals surface area (Å²) in [6, 6.07) is 3.84. The fourth-order valence-corrected chi connectivity index (χ4v) is 1.70. The molecule has 0 aliphatic rings. The number of hydrogen-bond acceptors (Lipinski definition) is 4. The molecule has 2 rings (SSSR count). The molecule has 1 heterocycles. The molecule has 2 aromatic rings. The van der Waals surface area contributed by atoms with Crippen LogP contribution in [-0.4, -0.2) is 11.2 Å². The summed E-state index contributed by atoms with van der Waals surface area (Å²) < 4.78 is 37.3. The molecule has 1 aromatic carbocycles. The molecule has 0 spiro atoms. The van der Waals surface area contributed by atoms with Crippen molar-refractivity contribution in [2.45, 2.75) is 26.0 Å². The average molecular weight is 268 g/mol. The first-order chi connectivity index (χ1) is 9.06. The second-order valence-corrected chi connectivity index (χ2v) is 4.34. The number of benzene rings is 1. The Balaban J connectivity index is 2.12. The highest BCUT2D eigenvalue weighted by molar-refractivity contribution is 5.31. The average Bonchev–Trinajstić information content (AvgIpc) is 2.79. The van der Waals surface area contributed by atoms with Crippen molar-refractivity contribution in [3.63, 3.8) is 0 Å². The van der Waals surface area contributed by atoms with Crippen molar-refractivity contribution in [3.8, 4) is 5.75 Å². The second kappa shape index (κ2) is 5.79. The van der Waals surface area contributed by atoms with Gasteiger partial charge in [0.2, 0.25) is 0 Å². The molecule has 0 aliphatic carbocycles. The Kier molecular flexibility index (Phi) is 4.11. The minimum absolute atomic E-state index is 0.0829. The summed E-state index contributed by atoms with van der Waals surface area (Å²) in [7, 11) is 0. The maximum Gasteiger partial charge on any atom is 0.191 e. The van der Waals surface area contributed by atoms with E-state index in [1.165, 1.54) is 18.3 Å². The topological polar surface area (TPSA) is 61.3 Å². The van der Waals surface area contributed by atoms with Crippen LogP contribution in [0.4, 0.5) is 8.78 Å². The first kappa shape index (κ1) is 13.5. The second-order valence-electron chi connectivity index (χ2n) is 4.34. The van der Waals surface area contributed by atoms with Crippen LogP contribution >= 0.6 is 0 Å². The van der Waals surface area contributed by atoms with Crippen LogP contribution in [-0.2, 0) is 13.0 Å². The Bertz CT molecular complexity index is 519. The van der Waals surface area contributed by atoms with Gasteiger partial charge in [-0.2, -0.15) is 0 Å². The van der Waals surface area contributed by atoms with Crippen molar-refractivity contribution in [1.29, 1.82) is 0 Å². The van der Waals surface area contributed by atoms with Crippen LogP contribution in [0.1, 0.15) is 18.2 Å². The van der Waals surface area contributed by atoms with Gasteiger partial charge in [-0.05, 0) is 31.0 Å². The van der Waals surface area contributed by atoms with Crippen molar-refractivity contribution in [3.05, 3.63) is 47.4 Å². The van der Waals surface area contributed by atoms with E-state index in [2.05, 4.69) is 5.16 Å². The van der Waals surface area contributed by atoms with E-state index in [1.807, 2.05) is 0 Å². The lowest BCUT2D eigenvalue weighted by atomic mass is 10.1. The van der Waals surface area contributed by atoms with Gasteiger partial charge in [0.15, 0.2) is 23.1 Å². The zero-order valence-corrected chi connectivity index (χ0v) is 10.4. The van der Waals surface area contributed by atoms with Crippen molar-refractivity contribution in [1.82, 2.24) is 5.16 Å². The number of nitrogens with two attached hydrogens (primary N) is 1. The molecular weight excluding hydrogens is 254 g/mol. The molecule has 0 saturated carbocycles. The SMILES string of the molecule is CC(N)Cc1cc(F)c(OCc2ccno2)c(F)c1. The lowest BCUT2D eigenvalue weighted by molar-refractivity contribution is 0.230. The van der Waals surface area contributed by atoms with Gasteiger partial charge in [-0.3, -0.25) is 0 Å². The van der Waals surface area contributed by atoms with Gasteiger partial charge in [-0.25, -0.2) is 8.78 Å². The van der Waals surface area contributed by atoms with E-state index in [4.69, 9.17) is 15.0 Å². The summed E-state index contributed by atoms with van der Waals surface area (Å²) >= 11 is 0. The van der Waals surface area contributed by atoms with Crippen LogP contribution in [0.5, 0.6) is 5.75 Å². The standard InChI is InChI=1S/C13H14F2N2O2/c1-8(16)4-9-5-11(14)13(12(15)6-9)18-7-10-2-3-17-19-10/h2-3,5-6,8H,4,7,16H2,1H3. The van der Waals surface area contributed by atoms with E-state index < -0.39 is 17.4 Å². The Morgan fingerprint density at radius 3 is 2.58 bits per heavy atom. The van der Waals surface area contributed by atoms with E-state index in [-0.39, 0.29) is 12.6 Å². The monoisotopic (exact) mass is 268 g/mol. The molecule has 0 amide bonds. The van der Waals surface area contributed by atoms with Gasteiger partial charge in [0, 0.05) is 12.1 Å². The number of rotatable bonds is 5. The number of nitrogens with zero attached hydrogens (tertiary/aromatic N) is 1. The molecule has 0 aliphatic heterocycles. The zero-order valence-electron chi connectivity index (χ0n) is 10.4. The molecule has 1 atom stereocenters. The molecule has 2 N–H and O–H groups in total. The predicted molar refractivity (Wildman–Crippen MR) is 64.5 cm³/mol. The Morgan fingerprint density at radius 2 is 2.05 bits per heavy atom. The summed E-state index contributed by atoms with van der Waals surface area (Å²) in [5.74, 6) is -1.55. The fourth-order valence-electron chi connectivity index (χ4n) is 1.70. The normalized spacial score (nSPS) is 12.4. The molecule has 19 heavy (non-hydrogen) atoms. The molecule has 0 radical (unpaired) electrons. The molecule has 0 bridgehead atoms. The van der Waals surface area contributed by atoms with Crippen LogP contribution in [0.25, 0.3) is 0 Å². The fraction of sp³-hybridized carbons (Fsp3) is 0.308. The van der Waals surface area contributed by atoms with Crippen molar-refractivity contribution >= 4 is 0 Å². The highest BCUT2D eigenvalue weighted by atomic mass is 19.1. The first-order valence-electron chi connectivity index (χ1n) is 5.82. The summed E-state index contributed by atoms with van der Waals surface area (Å²) in [6.07, 6.45) is 1.83. The molecular formula is C13H14F2N2O2. The largest absolute Gasteiger partial charge is 0.479 e. The van der Waals surface area contributed by atoms with E-state index in [0.717, 1.165) is 0 Å². The molecule has 0 fully saturated rings. The lowest BCUT2D eigenvalue weighted by Crippen LogP contribution is -2.18. The van der Waals surface area contributed by atoms with Gasteiger partial charge in [-0.1, -0.05) is 5.16 Å². The molecule has 1 unspecified atom stereocenters. The summed E-state index contributed by atoms with van der Waals surface area (Å²) in [4.78, 5) is 0. The van der Waals surface area contributed by atoms with Gasteiger partial charge in [0.25, 0.3) is 0 Å². The number of ether oxygens (including phenoxy) is 1. The minimum atomic E-state index is -0.754. The van der Waals surface area contributed by atoms with Gasteiger partial charge in [0.1, 0.15) is 6.61 Å². The van der Waals surface area contributed by atoms with E-state index >= 15 is 0 Å². The van der Waals surface area contributed by atoms with Crippen LogP contribution in [0.2, 0.25) is 0 Å². The Labute approximate surface area is 109 Å². The van der Waals surface area contributed by atoms with Crippen LogP contribution in [0.15, 0.2) is 28.9 Å². The Morgan fingerprint density at radius 1 is 1.37 bits per heavy atom. The molecule has 4 nitrogen and oxygen atoms in total. The maximum absolute atomic E-state index is 13.7. The van der Waals surface area contributed by atoms with Gasteiger partial charge >= 0.3 is 0 Å². The van der Waals surface area contributed by atoms with Gasteiger partial charge < -0.3 is 15.0 Å². The third kappa shape index (κ3) is 3.51. The third-order valence-corrected chi connectivity index (χ3v) is 2.47. The zero-order chi connectivity index (χ0) is 13.8. The van der Waals surface area contributed by atoms with E-state index in [1.54, 1.807) is 13.0 Å². The summed E-state index contributed by atoms with van der Waals surface area (Å²) in [5.41, 5.74) is 6.09. The number of hydrogen-bond donors (Lipinski definition) is 1. The Hall–Kier alpha value is -1.95. The van der Waals surface area contributed by atoms with Crippen LogP contribution in [0, 0.1) is 11.6 Å². The van der Waals surface area contributed by atoms with Gasteiger partial charge in [0.05, 0.1) is 6.20 Å². The highest BCUT2D eigenvalue weighted by Crippen LogP contribution is 2.24. The van der Waals surface area contributed by atoms with Crippen molar-refractivity contribution < 1.29 is 18.0 Å². The maximum atomic E-state index is 13.7. The van der Waals surface area contributed by atoms with E-state index in [9.17, 15) is 8.78 Å². The van der Waals surface area contributed by atoms with E-state index in [0.29, 0.717) is 17.7 Å². The van der Waals surface area contributed by atoms with Gasteiger partial charge in [-0.15, -0.1) is 0 Å². The quantitative estimate of drug-likeness (QED) is 0.904. The van der Waals surface area contributed by atoms with Crippen molar-refractivity contribution in [2.24, 2.45) is 5.73 Å². The summed E-state index contributed by atoms with van der Waals surface area (Å²) in [5, 5.41) is 3.47. The van der Waals surface area contributed by atoms with Crippen LogP contribution in [0.3, 0.4) is 0 Å². The molecule has 102 valence electrons.